The van der Waals surface area contributed by atoms with Crippen LogP contribution in [-0.2, 0) is 0 Å². The van der Waals surface area contributed by atoms with Crippen LogP contribution in [-0.4, -0.2) is 21.3 Å². The van der Waals surface area contributed by atoms with Crippen LogP contribution in [0.15, 0.2) is 0 Å². The topological polar surface area (TPSA) is 37.8 Å². The van der Waals surface area contributed by atoms with Gasteiger partial charge < -0.3 is 5.32 Å². The summed E-state index contributed by atoms with van der Waals surface area (Å²) in [4.78, 5) is 4.42. The molecule has 0 radical (unpaired) electrons. The fourth-order valence-electron chi connectivity index (χ4n) is 1.59. The van der Waals surface area contributed by atoms with Crippen LogP contribution < -0.4 is 5.32 Å². The third kappa shape index (κ3) is 2.82. The molecule has 15 heavy (non-hydrogen) atoms. The molecule has 1 N–H and O–H groups in total. The molecule has 5 heteroatoms. The van der Waals surface area contributed by atoms with E-state index >= 15 is 0 Å². The zero-order valence-corrected chi connectivity index (χ0v) is 10.6. The minimum atomic E-state index is 0.400. The van der Waals surface area contributed by atoms with Crippen LogP contribution in [0.3, 0.4) is 0 Å². The van der Waals surface area contributed by atoms with Gasteiger partial charge in [-0.2, -0.15) is 4.37 Å². The molecule has 0 aliphatic heterocycles. The van der Waals surface area contributed by atoms with E-state index in [1.807, 2.05) is 0 Å². The highest BCUT2D eigenvalue weighted by Gasteiger charge is 2.26. The molecule has 1 aromatic rings. The molecule has 1 saturated carbocycles. The van der Waals surface area contributed by atoms with Crippen LogP contribution in [0.4, 0.5) is 5.13 Å². The van der Waals surface area contributed by atoms with Crippen molar-refractivity contribution in [1.29, 1.82) is 0 Å². The molecule has 84 valence electrons. The van der Waals surface area contributed by atoms with Gasteiger partial charge >= 0.3 is 0 Å². The first-order chi connectivity index (χ1) is 7.15. The Hall–Kier alpha value is -0.350. The molecule has 1 aliphatic rings. The molecule has 1 fully saturated rings. The predicted molar refractivity (Wildman–Crippen MR) is 64.9 cm³/mol. The largest absolute Gasteiger partial charge is 0.360 e. The Morgan fingerprint density at radius 1 is 1.53 bits per heavy atom. The molecule has 0 aromatic carbocycles. The summed E-state index contributed by atoms with van der Waals surface area (Å²) < 4.78 is 4.29. The Kier molecular flexibility index (Phi) is 3.46. The summed E-state index contributed by atoms with van der Waals surface area (Å²) in [6.45, 7) is 5.20. The van der Waals surface area contributed by atoms with Crippen LogP contribution in [0.25, 0.3) is 0 Å². The van der Waals surface area contributed by atoms with E-state index in [0.717, 1.165) is 36.3 Å². The summed E-state index contributed by atoms with van der Waals surface area (Å²) in [5.74, 6) is 2.07. The third-order valence-corrected chi connectivity index (χ3v) is 3.72. The first-order valence-corrected chi connectivity index (χ1v) is 6.57. The van der Waals surface area contributed by atoms with Crippen molar-refractivity contribution in [3.8, 4) is 0 Å². The molecule has 2 rings (SSSR count). The van der Waals surface area contributed by atoms with E-state index in [1.54, 1.807) is 0 Å². The lowest BCUT2D eigenvalue weighted by molar-refractivity contribution is 0.341. The van der Waals surface area contributed by atoms with Crippen molar-refractivity contribution >= 4 is 28.3 Å². The molecular weight excluding hydrogens is 230 g/mol. The Bertz CT molecular complexity index is 320. The van der Waals surface area contributed by atoms with E-state index in [1.165, 1.54) is 11.5 Å². The molecule has 3 nitrogen and oxygen atoms in total. The lowest BCUT2D eigenvalue weighted by Gasteiger charge is -2.30. The summed E-state index contributed by atoms with van der Waals surface area (Å²) in [5, 5.41) is 4.67. The molecule has 0 saturated heterocycles. The first kappa shape index (κ1) is 11.1. The zero-order chi connectivity index (χ0) is 10.8. The molecule has 0 spiro atoms. The fraction of sp³-hybridized carbons (Fsp3) is 0.800. The predicted octanol–water partition coefficient (Wildman–Crippen LogP) is 3.09. The number of halogens is 1. The van der Waals surface area contributed by atoms with Crippen molar-refractivity contribution in [2.24, 2.45) is 5.92 Å². The second-order valence-corrected chi connectivity index (χ2v) is 5.80. The van der Waals surface area contributed by atoms with Crippen LogP contribution in [0.1, 0.15) is 38.4 Å². The normalized spacial score (nSPS) is 25.3. The highest BCUT2D eigenvalue weighted by atomic mass is 35.5. The summed E-state index contributed by atoms with van der Waals surface area (Å²) in [5.41, 5.74) is 0. The maximum Gasteiger partial charge on any atom is 0.202 e. The van der Waals surface area contributed by atoms with Crippen molar-refractivity contribution in [1.82, 2.24) is 9.36 Å². The minimum Gasteiger partial charge on any atom is -0.360 e. The molecule has 1 aliphatic carbocycles. The summed E-state index contributed by atoms with van der Waals surface area (Å²) in [6.07, 6.45) is 2.26. The van der Waals surface area contributed by atoms with E-state index in [-0.39, 0.29) is 0 Å². The number of nitrogens with one attached hydrogen (secondary N) is 1. The van der Waals surface area contributed by atoms with Gasteiger partial charge in [0.05, 0.1) is 0 Å². The highest BCUT2D eigenvalue weighted by Crippen LogP contribution is 2.32. The van der Waals surface area contributed by atoms with Gasteiger partial charge in [0, 0.05) is 29.4 Å². The summed E-state index contributed by atoms with van der Waals surface area (Å²) in [7, 11) is 0. The van der Waals surface area contributed by atoms with Crippen molar-refractivity contribution < 1.29 is 0 Å². The molecule has 1 aromatic heterocycles. The van der Waals surface area contributed by atoms with Gasteiger partial charge in [-0.3, -0.25) is 0 Å². The van der Waals surface area contributed by atoms with Crippen molar-refractivity contribution in [2.45, 2.75) is 38.0 Å². The number of alkyl halides is 1. The van der Waals surface area contributed by atoms with Crippen LogP contribution in [0.5, 0.6) is 0 Å². The lowest BCUT2D eigenvalue weighted by atomic mass is 9.85. The summed E-state index contributed by atoms with van der Waals surface area (Å²) >= 11 is 7.37. The lowest BCUT2D eigenvalue weighted by Crippen LogP contribution is -2.29. The second-order valence-electron chi connectivity index (χ2n) is 4.43. The van der Waals surface area contributed by atoms with Gasteiger partial charge in [-0.05, 0) is 18.8 Å². The third-order valence-electron chi connectivity index (χ3n) is 2.68. The Morgan fingerprint density at radius 3 is 2.80 bits per heavy atom. The maximum atomic E-state index is 5.92. The van der Waals surface area contributed by atoms with Crippen LogP contribution >= 0.6 is 23.1 Å². The van der Waals surface area contributed by atoms with E-state index in [2.05, 4.69) is 28.5 Å². The fourth-order valence-corrected chi connectivity index (χ4v) is 2.81. The zero-order valence-electron chi connectivity index (χ0n) is 9.03. The average molecular weight is 246 g/mol. The number of nitrogens with zero attached hydrogens (tertiary/aromatic N) is 2. The maximum absolute atomic E-state index is 5.92. The number of rotatable bonds is 4. The standard InChI is InChI=1S/C10H16ClN3S/c1-6(2)9-13-10(15-14-9)12-5-7-3-8(11)4-7/h6-8H,3-5H2,1-2H3,(H,12,13,14). The first-order valence-electron chi connectivity index (χ1n) is 5.36. The highest BCUT2D eigenvalue weighted by molar-refractivity contribution is 7.09. The molecule has 0 unspecified atom stereocenters. The SMILES string of the molecule is CC(C)c1nsc(NCC2CC(Cl)C2)n1. The van der Waals surface area contributed by atoms with Gasteiger partial charge in [-0.15, -0.1) is 11.6 Å². The Balaban J connectivity index is 1.78. The molecule has 0 amide bonds. The number of aromatic nitrogens is 2. The molecule has 0 atom stereocenters. The monoisotopic (exact) mass is 245 g/mol. The Morgan fingerprint density at radius 2 is 2.27 bits per heavy atom. The second kappa shape index (κ2) is 4.66. The molecular formula is C10H16ClN3S. The van der Waals surface area contributed by atoms with E-state index in [9.17, 15) is 0 Å². The number of anilines is 1. The van der Waals surface area contributed by atoms with Gasteiger partial charge in [0.1, 0.15) is 5.82 Å². The van der Waals surface area contributed by atoms with Crippen molar-refractivity contribution in [2.75, 3.05) is 11.9 Å². The van der Waals surface area contributed by atoms with Gasteiger partial charge in [0.25, 0.3) is 0 Å². The summed E-state index contributed by atoms with van der Waals surface area (Å²) in [6, 6.07) is 0. The average Bonchev–Trinajstić information content (AvgIpc) is 2.59. The van der Waals surface area contributed by atoms with Crippen molar-refractivity contribution in [3.05, 3.63) is 5.82 Å². The number of hydrogen-bond donors (Lipinski definition) is 1. The number of hydrogen-bond acceptors (Lipinski definition) is 4. The molecule has 0 bridgehead atoms. The molecule has 1 heterocycles. The van der Waals surface area contributed by atoms with Crippen LogP contribution in [0.2, 0.25) is 0 Å². The Labute approximate surface area is 99.4 Å². The van der Waals surface area contributed by atoms with Gasteiger partial charge in [-0.25, -0.2) is 4.98 Å². The quantitative estimate of drug-likeness (QED) is 0.829. The smallest absolute Gasteiger partial charge is 0.202 e. The minimum absolute atomic E-state index is 0.400. The van der Waals surface area contributed by atoms with Gasteiger partial charge in [-0.1, -0.05) is 13.8 Å². The van der Waals surface area contributed by atoms with Gasteiger partial charge in [0.15, 0.2) is 0 Å². The van der Waals surface area contributed by atoms with E-state index < -0.39 is 0 Å². The van der Waals surface area contributed by atoms with Crippen LogP contribution in [0, 0.1) is 5.92 Å². The van der Waals surface area contributed by atoms with Gasteiger partial charge in [0.2, 0.25) is 5.13 Å². The van der Waals surface area contributed by atoms with E-state index in [0.29, 0.717) is 11.3 Å². The van der Waals surface area contributed by atoms with Crippen molar-refractivity contribution in [3.63, 3.8) is 0 Å². The van der Waals surface area contributed by atoms with E-state index in [4.69, 9.17) is 11.6 Å².